The van der Waals surface area contributed by atoms with Crippen LogP contribution in [0, 0.1) is 0 Å². The number of aromatic amines is 1. The van der Waals surface area contributed by atoms with Crippen LogP contribution in [0.2, 0.25) is 5.28 Å². The second-order valence-electron chi connectivity index (χ2n) is 3.64. The van der Waals surface area contributed by atoms with Crippen LogP contribution in [0.3, 0.4) is 0 Å². The molecule has 18 heavy (non-hydrogen) atoms. The van der Waals surface area contributed by atoms with E-state index in [4.69, 9.17) is 16.3 Å². The molecule has 2 aromatic heterocycles. The third-order valence-electron chi connectivity index (χ3n) is 2.62. The molecule has 0 fully saturated rings. The first kappa shape index (κ1) is 11.0. The molecule has 0 spiro atoms. The van der Waals surface area contributed by atoms with Crippen LogP contribution in [-0.2, 0) is 0 Å². The van der Waals surface area contributed by atoms with Gasteiger partial charge in [0.2, 0.25) is 5.28 Å². The normalized spacial score (nSPS) is 10.8. The van der Waals surface area contributed by atoms with Crippen molar-refractivity contribution < 1.29 is 4.74 Å². The van der Waals surface area contributed by atoms with Gasteiger partial charge in [0.15, 0.2) is 5.65 Å². The zero-order chi connectivity index (χ0) is 12.5. The maximum atomic E-state index is 5.91. The molecule has 90 valence electrons. The van der Waals surface area contributed by atoms with Crippen LogP contribution < -0.4 is 4.74 Å². The van der Waals surface area contributed by atoms with Gasteiger partial charge in [-0.3, -0.25) is 0 Å². The van der Waals surface area contributed by atoms with E-state index in [9.17, 15) is 0 Å². The Balaban J connectivity index is 2.34. The lowest BCUT2D eigenvalue weighted by molar-refractivity contribution is 0.416. The Morgan fingerprint density at radius 2 is 2.06 bits per heavy atom. The summed E-state index contributed by atoms with van der Waals surface area (Å²) in [5.41, 5.74) is 2.80. The van der Waals surface area contributed by atoms with E-state index in [1.807, 2.05) is 24.3 Å². The van der Waals surface area contributed by atoms with Gasteiger partial charge in [-0.25, -0.2) is 9.97 Å². The molecule has 0 saturated carbocycles. The van der Waals surface area contributed by atoms with Crippen molar-refractivity contribution in [2.24, 2.45) is 0 Å². The van der Waals surface area contributed by atoms with E-state index in [1.54, 1.807) is 13.4 Å². The SMILES string of the molecule is COc1ccccc1-c1nc(Cl)nc2nc[nH]c12. The molecule has 0 saturated heterocycles. The lowest BCUT2D eigenvalue weighted by Crippen LogP contribution is -1.93. The molecular formula is C12H9ClN4O. The predicted octanol–water partition coefficient (Wildman–Crippen LogP) is 2.68. The number of para-hydroxylation sites is 1. The number of imidazole rings is 1. The van der Waals surface area contributed by atoms with Crippen LogP contribution >= 0.6 is 11.6 Å². The summed E-state index contributed by atoms with van der Waals surface area (Å²) in [5, 5.41) is 0.163. The van der Waals surface area contributed by atoms with Crippen LogP contribution in [0.1, 0.15) is 0 Å². The van der Waals surface area contributed by atoms with Crippen molar-refractivity contribution in [2.45, 2.75) is 0 Å². The fourth-order valence-corrected chi connectivity index (χ4v) is 2.01. The van der Waals surface area contributed by atoms with Crippen LogP contribution in [0.15, 0.2) is 30.6 Å². The molecule has 2 heterocycles. The number of benzene rings is 1. The largest absolute Gasteiger partial charge is 0.496 e. The molecule has 0 radical (unpaired) electrons. The lowest BCUT2D eigenvalue weighted by Gasteiger charge is -2.08. The van der Waals surface area contributed by atoms with Gasteiger partial charge in [-0.2, -0.15) is 4.98 Å². The van der Waals surface area contributed by atoms with Gasteiger partial charge >= 0.3 is 0 Å². The third kappa shape index (κ3) is 1.69. The van der Waals surface area contributed by atoms with Crippen molar-refractivity contribution in [1.82, 2.24) is 19.9 Å². The highest BCUT2D eigenvalue weighted by atomic mass is 35.5. The molecule has 1 N–H and O–H groups in total. The van der Waals surface area contributed by atoms with Gasteiger partial charge < -0.3 is 9.72 Å². The van der Waals surface area contributed by atoms with Crippen LogP contribution in [0.5, 0.6) is 5.75 Å². The van der Waals surface area contributed by atoms with Crippen molar-refractivity contribution in [1.29, 1.82) is 0 Å². The summed E-state index contributed by atoms with van der Waals surface area (Å²) < 4.78 is 5.33. The summed E-state index contributed by atoms with van der Waals surface area (Å²) >= 11 is 5.91. The van der Waals surface area contributed by atoms with E-state index in [-0.39, 0.29) is 5.28 Å². The Morgan fingerprint density at radius 1 is 1.22 bits per heavy atom. The topological polar surface area (TPSA) is 63.7 Å². The maximum absolute atomic E-state index is 5.91. The first-order valence-corrected chi connectivity index (χ1v) is 5.67. The smallest absolute Gasteiger partial charge is 0.225 e. The monoisotopic (exact) mass is 260 g/mol. The van der Waals surface area contributed by atoms with Crippen molar-refractivity contribution in [2.75, 3.05) is 7.11 Å². The number of ether oxygens (including phenoxy) is 1. The van der Waals surface area contributed by atoms with Gasteiger partial charge in [0.05, 0.1) is 13.4 Å². The summed E-state index contributed by atoms with van der Waals surface area (Å²) in [6, 6.07) is 7.59. The number of methoxy groups -OCH3 is 1. The predicted molar refractivity (Wildman–Crippen MR) is 68.7 cm³/mol. The number of hydrogen-bond acceptors (Lipinski definition) is 4. The minimum atomic E-state index is 0.163. The second kappa shape index (κ2) is 4.27. The molecule has 6 heteroatoms. The van der Waals surface area contributed by atoms with E-state index in [0.29, 0.717) is 11.3 Å². The van der Waals surface area contributed by atoms with Gasteiger partial charge in [0.25, 0.3) is 0 Å². The number of nitrogens with one attached hydrogen (secondary N) is 1. The fourth-order valence-electron chi connectivity index (χ4n) is 1.84. The molecule has 0 atom stereocenters. The standard InChI is InChI=1S/C12H9ClN4O/c1-18-8-5-3-2-4-7(8)9-10-11(15-6-14-10)17-12(13)16-9/h2-6H,1H3,(H,14,15,16,17). The number of hydrogen-bond donors (Lipinski definition) is 1. The van der Waals surface area contributed by atoms with Crippen molar-refractivity contribution >= 4 is 22.8 Å². The third-order valence-corrected chi connectivity index (χ3v) is 2.79. The van der Waals surface area contributed by atoms with E-state index >= 15 is 0 Å². The summed E-state index contributed by atoms with van der Waals surface area (Å²) in [4.78, 5) is 15.4. The van der Waals surface area contributed by atoms with Crippen LogP contribution in [-0.4, -0.2) is 27.0 Å². The number of H-pyrrole nitrogens is 1. The molecule has 3 aromatic rings. The highest BCUT2D eigenvalue weighted by Crippen LogP contribution is 2.32. The quantitative estimate of drug-likeness (QED) is 0.720. The summed E-state index contributed by atoms with van der Waals surface area (Å²) in [5.74, 6) is 0.725. The molecule has 3 rings (SSSR count). The molecular weight excluding hydrogens is 252 g/mol. The molecule has 0 amide bonds. The molecule has 0 aliphatic rings. The minimum absolute atomic E-state index is 0.163. The summed E-state index contributed by atoms with van der Waals surface area (Å²) in [6.07, 6.45) is 1.56. The van der Waals surface area contributed by atoms with E-state index in [0.717, 1.165) is 16.8 Å². The Bertz CT molecular complexity index is 710. The van der Waals surface area contributed by atoms with Crippen LogP contribution in [0.25, 0.3) is 22.4 Å². The zero-order valence-electron chi connectivity index (χ0n) is 9.51. The number of nitrogens with zero attached hydrogens (tertiary/aromatic N) is 3. The molecule has 0 aliphatic carbocycles. The van der Waals surface area contributed by atoms with E-state index in [2.05, 4.69) is 19.9 Å². The van der Waals surface area contributed by atoms with E-state index in [1.165, 1.54) is 0 Å². The average molecular weight is 261 g/mol. The Morgan fingerprint density at radius 3 is 2.89 bits per heavy atom. The number of fused-ring (bicyclic) bond motifs is 1. The summed E-state index contributed by atoms with van der Waals surface area (Å²) in [7, 11) is 1.62. The van der Waals surface area contributed by atoms with Gasteiger partial charge in [-0.1, -0.05) is 12.1 Å². The van der Waals surface area contributed by atoms with Gasteiger partial charge in [-0.15, -0.1) is 0 Å². The molecule has 0 bridgehead atoms. The minimum Gasteiger partial charge on any atom is -0.496 e. The number of aromatic nitrogens is 4. The Hall–Kier alpha value is -2.14. The lowest BCUT2D eigenvalue weighted by atomic mass is 10.1. The van der Waals surface area contributed by atoms with Gasteiger partial charge in [0.1, 0.15) is 17.0 Å². The fraction of sp³-hybridized carbons (Fsp3) is 0.0833. The zero-order valence-corrected chi connectivity index (χ0v) is 10.3. The Kier molecular flexibility index (Phi) is 2.60. The average Bonchev–Trinajstić information content (AvgIpc) is 2.85. The number of halogens is 1. The second-order valence-corrected chi connectivity index (χ2v) is 3.98. The molecule has 0 aliphatic heterocycles. The van der Waals surface area contributed by atoms with Gasteiger partial charge in [0, 0.05) is 5.56 Å². The first-order valence-electron chi connectivity index (χ1n) is 5.29. The van der Waals surface area contributed by atoms with E-state index < -0.39 is 0 Å². The van der Waals surface area contributed by atoms with Crippen molar-refractivity contribution in [3.8, 4) is 17.0 Å². The first-order chi connectivity index (χ1) is 8.79. The number of rotatable bonds is 2. The van der Waals surface area contributed by atoms with Gasteiger partial charge in [-0.05, 0) is 23.7 Å². The maximum Gasteiger partial charge on any atom is 0.225 e. The molecule has 5 nitrogen and oxygen atoms in total. The highest BCUT2D eigenvalue weighted by Gasteiger charge is 2.14. The van der Waals surface area contributed by atoms with Crippen LogP contribution in [0.4, 0.5) is 0 Å². The molecule has 0 unspecified atom stereocenters. The van der Waals surface area contributed by atoms with Crippen molar-refractivity contribution in [3.63, 3.8) is 0 Å². The molecule has 1 aromatic carbocycles. The Labute approximate surface area is 108 Å². The summed E-state index contributed by atoms with van der Waals surface area (Å²) in [6.45, 7) is 0. The highest BCUT2D eigenvalue weighted by molar-refractivity contribution is 6.28. The van der Waals surface area contributed by atoms with Crippen molar-refractivity contribution in [3.05, 3.63) is 35.9 Å².